The van der Waals surface area contributed by atoms with Crippen molar-refractivity contribution in [1.29, 1.82) is 0 Å². The Morgan fingerprint density at radius 3 is 2.21 bits per heavy atom. The van der Waals surface area contributed by atoms with Crippen molar-refractivity contribution in [2.75, 3.05) is 18.6 Å². The highest BCUT2D eigenvalue weighted by Gasteiger charge is 2.05. The van der Waals surface area contributed by atoms with Gasteiger partial charge in [0.1, 0.15) is 0 Å². The molecule has 86 valence electrons. The summed E-state index contributed by atoms with van der Waals surface area (Å²) in [5, 5.41) is 3.61. The molecule has 0 aromatic carbocycles. The van der Waals surface area contributed by atoms with E-state index in [9.17, 15) is 0 Å². The molecule has 0 fully saturated rings. The summed E-state index contributed by atoms with van der Waals surface area (Å²) >= 11 is 1.94. The van der Waals surface area contributed by atoms with Gasteiger partial charge in [-0.1, -0.05) is 20.8 Å². The third-order valence-corrected chi connectivity index (χ3v) is 3.35. The summed E-state index contributed by atoms with van der Waals surface area (Å²) in [5.74, 6) is 2.90. The summed E-state index contributed by atoms with van der Waals surface area (Å²) in [5.41, 5.74) is 0. The SMILES string of the molecule is CSCC(C)CNC(C)CCC(C)C. The molecule has 0 aliphatic rings. The fraction of sp³-hybridized carbons (Fsp3) is 1.00. The Kier molecular flexibility index (Phi) is 8.80. The molecule has 0 radical (unpaired) electrons. The zero-order valence-electron chi connectivity index (χ0n) is 10.5. The quantitative estimate of drug-likeness (QED) is 0.669. The zero-order valence-corrected chi connectivity index (χ0v) is 11.3. The smallest absolute Gasteiger partial charge is 0.00389 e. The average Bonchev–Trinajstić information content (AvgIpc) is 2.12. The molecule has 0 heterocycles. The van der Waals surface area contributed by atoms with Gasteiger partial charge in [-0.3, -0.25) is 0 Å². The van der Waals surface area contributed by atoms with Gasteiger partial charge in [0.05, 0.1) is 0 Å². The van der Waals surface area contributed by atoms with Crippen LogP contribution in [0.15, 0.2) is 0 Å². The molecule has 2 heteroatoms. The summed E-state index contributed by atoms with van der Waals surface area (Å²) in [7, 11) is 0. The molecular weight excluding hydrogens is 190 g/mol. The molecular formula is C12H27NS. The van der Waals surface area contributed by atoms with E-state index >= 15 is 0 Å². The first-order valence-corrected chi connectivity index (χ1v) is 7.18. The van der Waals surface area contributed by atoms with Crippen LogP contribution in [0, 0.1) is 11.8 Å². The fourth-order valence-corrected chi connectivity index (χ4v) is 2.12. The van der Waals surface area contributed by atoms with Crippen molar-refractivity contribution in [2.45, 2.75) is 46.6 Å². The van der Waals surface area contributed by atoms with Gasteiger partial charge in [-0.25, -0.2) is 0 Å². The molecule has 0 amide bonds. The van der Waals surface area contributed by atoms with Crippen LogP contribution in [-0.4, -0.2) is 24.6 Å². The summed E-state index contributed by atoms with van der Waals surface area (Å²) in [4.78, 5) is 0. The van der Waals surface area contributed by atoms with E-state index in [1.54, 1.807) is 0 Å². The van der Waals surface area contributed by atoms with Crippen LogP contribution < -0.4 is 5.32 Å². The number of rotatable bonds is 8. The Morgan fingerprint density at radius 1 is 1.07 bits per heavy atom. The van der Waals surface area contributed by atoms with Crippen LogP contribution >= 0.6 is 11.8 Å². The van der Waals surface area contributed by atoms with Crippen LogP contribution in [0.2, 0.25) is 0 Å². The van der Waals surface area contributed by atoms with Crippen LogP contribution in [0.4, 0.5) is 0 Å². The fourth-order valence-electron chi connectivity index (χ4n) is 1.43. The number of thioether (sulfide) groups is 1. The Bertz CT molecular complexity index is 125. The highest BCUT2D eigenvalue weighted by atomic mass is 32.2. The highest BCUT2D eigenvalue weighted by Crippen LogP contribution is 2.07. The van der Waals surface area contributed by atoms with Gasteiger partial charge < -0.3 is 5.32 Å². The van der Waals surface area contributed by atoms with E-state index in [-0.39, 0.29) is 0 Å². The van der Waals surface area contributed by atoms with Gasteiger partial charge >= 0.3 is 0 Å². The Labute approximate surface area is 94.4 Å². The van der Waals surface area contributed by atoms with Gasteiger partial charge in [0, 0.05) is 6.04 Å². The van der Waals surface area contributed by atoms with E-state index in [0.717, 1.165) is 11.8 Å². The molecule has 1 N–H and O–H groups in total. The number of hydrogen-bond acceptors (Lipinski definition) is 2. The third kappa shape index (κ3) is 8.89. The second-order valence-electron chi connectivity index (χ2n) is 4.84. The first kappa shape index (κ1) is 14.3. The minimum absolute atomic E-state index is 0.682. The monoisotopic (exact) mass is 217 g/mol. The van der Waals surface area contributed by atoms with Gasteiger partial charge in [-0.15, -0.1) is 0 Å². The van der Waals surface area contributed by atoms with Gasteiger partial charge in [-0.05, 0) is 50.2 Å². The zero-order chi connectivity index (χ0) is 11.0. The van der Waals surface area contributed by atoms with Crippen LogP contribution in [0.25, 0.3) is 0 Å². The molecule has 14 heavy (non-hydrogen) atoms. The van der Waals surface area contributed by atoms with Crippen molar-refractivity contribution in [3.8, 4) is 0 Å². The Hall–Kier alpha value is 0.310. The molecule has 0 aromatic heterocycles. The van der Waals surface area contributed by atoms with Gasteiger partial charge in [0.2, 0.25) is 0 Å². The maximum Gasteiger partial charge on any atom is 0.00389 e. The van der Waals surface area contributed by atoms with E-state index in [0.29, 0.717) is 6.04 Å². The molecule has 0 bridgehead atoms. The van der Waals surface area contributed by atoms with Gasteiger partial charge in [0.25, 0.3) is 0 Å². The van der Waals surface area contributed by atoms with Crippen LogP contribution in [-0.2, 0) is 0 Å². The average molecular weight is 217 g/mol. The lowest BCUT2D eigenvalue weighted by molar-refractivity contribution is 0.428. The lowest BCUT2D eigenvalue weighted by Gasteiger charge is -2.17. The van der Waals surface area contributed by atoms with Crippen molar-refractivity contribution in [3.05, 3.63) is 0 Å². The molecule has 0 rings (SSSR count). The summed E-state index contributed by atoms with van der Waals surface area (Å²) in [6.45, 7) is 10.4. The van der Waals surface area contributed by atoms with Gasteiger partial charge in [-0.2, -0.15) is 11.8 Å². The van der Waals surface area contributed by atoms with E-state index in [1.165, 1.54) is 25.1 Å². The standard InChI is InChI=1S/C12H27NS/c1-10(2)6-7-12(4)13-8-11(3)9-14-5/h10-13H,6-9H2,1-5H3. The van der Waals surface area contributed by atoms with Crippen LogP contribution in [0.5, 0.6) is 0 Å². The van der Waals surface area contributed by atoms with Crippen molar-refractivity contribution in [2.24, 2.45) is 11.8 Å². The second-order valence-corrected chi connectivity index (χ2v) is 5.75. The largest absolute Gasteiger partial charge is 0.314 e. The topological polar surface area (TPSA) is 12.0 Å². The van der Waals surface area contributed by atoms with Crippen molar-refractivity contribution in [1.82, 2.24) is 5.32 Å². The maximum atomic E-state index is 3.61. The van der Waals surface area contributed by atoms with Gasteiger partial charge in [0.15, 0.2) is 0 Å². The molecule has 1 nitrogen and oxygen atoms in total. The predicted octanol–water partition coefficient (Wildman–Crippen LogP) is 3.40. The molecule has 2 unspecified atom stereocenters. The lowest BCUT2D eigenvalue weighted by atomic mass is 10.0. The maximum absolute atomic E-state index is 3.61. The molecule has 0 aromatic rings. The van der Waals surface area contributed by atoms with Crippen molar-refractivity contribution >= 4 is 11.8 Å². The highest BCUT2D eigenvalue weighted by molar-refractivity contribution is 7.98. The minimum atomic E-state index is 0.682. The number of nitrogens with one attached hydrogen (secondary N) is 1. The van der Waals surface area contributed by atoms with E-state index in [4.69, 9.17) is 0 Å². The molecule has 0 aliphatic heterocycles. The molecule has 0 saturated carbocycles. The van der Waals surface area contributed by atoms with E-state index in [2.05, 4.69) is 39.3 Å². The Morgan fingerprint density at radius 2 is 1.71 bits per heavy atom. The third-order valence-electron chi connectivity index (χ3n) is 2.44. The van der Waals surface area contributed by atoms with E-state index in [1.807, 2.05) is 11.8 Å². The normalized spacial score (nSPS) is 15.9. The van der Waals surface area contributed by atoms with Crippen LogP contribution in [0.1, 0.15) is 40.5 Å². The number of hydrogen-bond donors (Lipinski definition) is 1. The molecule has 0 spiro atoms. The minimum Gasteiger partial charge on any atom is -0.314 e. The van der Waals surface area contributed by atoms with Crippen LogP contribution in [0.3, 0.4) is 0 Å². The molecule has 0 saturated heterocycles. The Balaban J connectivity index is 3.38. The van der Waals surface area contributed by atoms with Crippen molar-refractivity contribution in [3.63, 3.8) is 0 Å². The second kappa shape index (κ2) is 8.60. The molecule has 0 aliphatic carbocycles. The van der Waals surface area contributed by atoms with E-state index < -0.39 is 0 Å². The van der Waals surface area contributed by atoms with Crippen molar-refractivity contribution < 1.29 is 0 Å². The lowest BCUT2D eigenvalue weighted by Crippen LogP contribution is -2.31. The first-order chi connectivity index (χ1) is 6.56. The summed E-state index contributed by atoms with van der Waals surface area (Å²) < 4.78 is 0. The first-order valence-electron chi connectivity index (χ1n) is 5.78. The molecule has 2 atom stereocenters. The summed E-state index contributed by atoms with van der Waals surface area (Å²) in [6, 6.07) is 0.682. The predicted molar refractivity (Wildman–Crippen MR) is 69.1 cm³/mol. The summed E-state index contributed by atoms with van der Waals surface area (Å²) in [6.07, 6.45) is 4.83.